The summed E-state index contributed by atoms with van der Waals surface area (Å²) in [5.41, 5.74) is 1.57. The Bertz CT molecular complexity index is 684. The molecule has 0 saturated carbocycles. The Hall–Kier alpha value is -1.62. The summed E-state index contributed by atoms with van der Waals surface area (Å²) in [6, 6.07) is 9.48. The van der Waals surface area contributed by atoms with Crippen LogP contribution in [-0.2, 0) is 0 Å². The number of benzene rings is 1. The second-order valence-electron chi connectivity index (χ2n) is 5.59. The lowest BCUT2D eigenvalue weighted by Crippen LogP contribution is -2.36. The molecule has 21 heavy (non-hydrogen) atoms. The van der Waals surface area contributed by atoms with Gasteiger partial charge in [-0.2, -0.15) is 9.78 Å². The van der Waals surface area contributed by atoms with Crippen LogP contribution in [0.15, 0.2) is 45.8 Å². The highest BCUT2D eigenvalue weighted by atomic mass is 79.9. The third kappa shape index (κ3) is 2.88. The number of aromatic nitrogens is 2. The summed E-state index contributed by atoms with van der Waals surface area (Å²) in [4.78, 5) is 14.8. The number of hydrogen-bond acceptors (Lipinski definition) is 3. The van der Waals surface area contributed by atoms with Crippen molar-refractivity contribution < 1.29 is 0 Å². The summed E-state index contributed by atoms with van der Waals surface area (Å²) < 4.78 is 2.02. The van der Waals surface area contributed by atoms with Crippen molar-refractivity contribution in [2.45, 2.75) is 19.8 Å². The van der Waals surface area contributed by atoms with Gasteiger partial charge in [0.05, 0.1) is 17.6 Å². The van der Waals surface area contributed by atoms with E-state index in [4.69, 9.17) is 0 Å². The van der Waals surface area contributed by atoms with Crippen LogP contribution in [0.1, 0.15) is 19.8 Å². The molecule has 0 N–H and O–H groups in total. The fourth-order valence-electron chi connectivity index (χ4n) is 2.81. The van der Waals surface area contributed by atoms with E-state index in [0.717, 1.165) is 30.9 Å². The van der Waals surface area contributed by atoms with E-state index in [9.17, 15) is 4.79 Å². The van der Waals surface area contributed by atoms with E-state index in [1.54, 1.807) is 6.20 Å². The van der Waals surface area contributed by atoms with Crippen molar-refractivity contribution in [2.24, 2.45) is 5.92 Å². The molecule has 0 spiro atoms. The summed E-state index contributed by atoms with van der Waals surface area (Å²) in [6.45, 7) is 4.22. The van der Waals surface area contributed by atoms with E-state index in [2.05, 4.69) is 32.9 Å². The quantitative estimate of drug-likeness (QED) is 0.836. The number of rotatable bonds is 2. The third-order valence-corrected chi connectivity index (χ3v) is 4.64. The monoisotopic (exact) mass is 347 g/mol. The molecule has 1 aromatic carbocycles. The summed E-state index contributed by atoms with van der Waals surface area (Å²) >= 11 is 3.47. The summed E-state index contributed by atoms with van der Waals surface area (Å²) in [6.07, 6.45) is 4.20. The highest BCUT2D eigenvalue weighted by Crippen LogP contribution is 2.27. The molecule has 1 fully saturated rings. The highest BCUT2D eigenvalue weighted by molar-refractivity contribution is 9.10. The van der Waals surface area contributed by atoms with Crippen LogP contribution in [-0.4, -0.2) is 22.9 Å². The Balaban J connectivity index is 1.99. The van der Waals surface area contributed by atoms with Crippen molar-refractivity contribution >= 4 is 21.6 Å². The van der Waals surface area contributed by atoms with E-state index < -0.39 is 0 Å². The first-order chi connectivity index (χ1) is 10.2. The maximum atomic E-state index is 12.5. The number of nitrogens with zero attached hydrogens (tertiary/aromatic N) is 3. The molecular weight excluding hydrogens is 330 g/mol. The van der Waals surface area contributed by atoms with Crippen LogP contribution < -0.4 is 10.5 Å². The van der Waals surface area contributed by atoms with E-state index in [0.29, 0.717) is 10.4 Å². The Labute approximate surface area is 132 Å². The van der Waals surface area contributed by atoms with Gasteiger partial charge in [-0.15, -0.1) is 0 Å². The molecule has 2 heterocycles. The summed E-state index contributed by atoms with van der Waals surface area (Å²) in [7, 11) is 0. The van der Waals surface area contributed by atoms with Crippen LogP contribution in [0.25, 0.3) is 5.69 Å². The predicted octanol–water partition coefficient (Wildman–Crippen LogP) is 3.23. The first-order valence-electron chi connectivity index (χ1n) is 7.25. The average Bonchev–Trinajstić information content (AvgIpc) is 2.51. The van der Waals surface area contributed by atoms with Gasteiger partial charge >= 0.3 is 0 Å². The van der Waals surface area contributed by atoms with Crippen molar-refractivity contribution in [1.29, 1.82) is 0 Å². The van der Waals surface area contributed by atoms with Gasteiger partial charge in [-0.3, -0.25) is 4.79 Å². The van der Waals surface area contributed by atoms with E-state index in [1.165, 1.54) is 11.1 Å². The Morgan fingerprint density at radius 2 is 2.05 bits per heavy atom. The van der Waals surface area contributed by atoms with E-state index >= 15 is 0 Å². The average molecular weight is 348 g/mol. The lowest BCUT2D eigenvalue weighted by atomic mass is 10.00. The molecule has 5 heteroatoms. The van der Waals surface area contributed by atoms with Crippen molar-refractivity contribution in [3.05, 3.63) is 51.4 Å². The molecule has 0 radical (unpaired) electrons. The maximum Gasteiger partial charge on any atom is 0.287 e. The number of para-hydroxylation sites is 1. The van der Waals surface area contributed by atoms with E-state index in [1.807, 2.05) is 30.3 Å². The Morgan fingerprint density at radius 1 is 1.29 bits per heavy atom. The second-order valence-corrected chi connectivity index (χ2v) is 6.38. The van der Waals surface area contributed by atoms with Crippen LogP contribution in [0.4, 0.5) is 5.69 Å². The number of halogens is 1. The fraction of sp³-hybridized carbons (Fsp3) is 0.375. The maximum absolute atomic E-state index is 12.5. The molecule has 1 aliphatic heterocycles. The third-order valence-electron chi connectivity index (χ3n) is 3.90. The molecular formula is C16H18BrN3O. The van der Waals surface area contributed by atoms with Gasteiger partial charge in [-0.25, -0.2) is 0 Å². The zero-order chi connectivity index (χ0) is 14.8. The van der Waals surface area contributed by atoms with Gasteiger partial charge in [-0.05, 0) is 46.8 Å². The zero-order valence-electron chi connectivity index (χ0n) is 12.0. The number of piperidine rings is 1. The SMILES string of the molecule is C[C@H]1CCCN(c2cnn(-c3ccccc3)c(=O)c2Br)C1. The van der Waals surface area contributed by atoms with Crippen LogP contribution >= 0.6 is 15.9 Å². The molecule has 0 unspecified atom stereocenters. The molecule has 1 atom stereocenters. The fourth-order valence-corrected chi connectivity index (χ4v) is 3.33. The first-order valence-corrected chi connectivity index (χ1v) is 8.04. The molecule has 4 nitrogen and oxygen atoms in total. The van der Waals surface area contributed by atoms with Gasteiger partial charge in [0.1, 0.15) is 4.47 Å². The number of anilines is 1. The molecule has 1 aliphatic rings. The first kappa shape index (κ1) is 14.3. The minimum absolute atomic E-state index is 0.114. The van der Waals surface area contributed by atoms with Gasteiger partial charge in [0.15, 0.2) is 0 Å². The zero-order valence-corrected chi connectivity index (χ0v) is 13.6. The summed E-state index contributed by atoms with van der Waals surface area (Å²) in [5.74, 6) is 0.655. The summed E-state index contributed by atoms with van der Waals surface area (Å²) in [5, 5.41) is 4.34. The lowest BCUT2D eigenvalue weighted by molar-refractivity contribution is 0.445. The van der Waals surface area contributed by atoms with Crippen molar-refractivity contribution in [1.82, 2.24) is 9.78 Å². The van der Waals surface area contributed by atoms with Gasteiger partial charge in [0, 0.05) is 13.1 Å². The van der Waals surface area contributed by atoms with Crippen LogP contribution in [0, 0.1) is 5.92 Å². The van der Waals surface area contributed by atoms with Crippen molar-refractivity contribution in [3.8, 4) is 5.69 Å². The van der Waals surface area contributed by atoms with Gasteiger partial charge in [0.2, 0.25) is 0 Å². The Morgan fingerprint density at radius 3 is 2.76 bits per heavy atom. The minimum Gasteiger partial charge on any atom is -0.369 e. The largest absolute Gasteiger partial charge is 0.369 e. The molecule has 0 aliphatic carbocycles. The molecule has 0 amide bonds. The molecule has 1 saturated heterocycles. The lowest BCUT2D eigenvalue weighted by Gasteiger charge is -2.33. The Kier molecular flexibility index (Phi) is 4.10. The predicted molar refractivity (Wildman–Crippen MR) is 88.1 cm³/mol. The number of hydrogen-bond donors (Lipinski definition) is 0. The minimum atomic E-state index is -0.114. The second kappa shape index (κ2) is 6.02. The van der Waals surface area contributed by atoms with Crippen LogP contribution in [0.5, 0.6) is 0 Å². The standard InChI is InChI=1S/C16H18BrN3O/c1-12-6-5-9-19(11-12)14-10-18-20(16(21)15(14)17)13-7-3-2-4-8-13/h2-4,7-8,10,12H,5-6,9,11H2,1H3/t12-/m0/s1. The molecule has 110 valence electrons. The van der Waals surface area contributed by atoms with Gasteiger partial charge in [-0.1, -0.05) is 25.1 Å². The van der Waals surface area contributed by atoms with Crippen LogP contribution in [0.3, 0.4) is 0 Å². The normalized spacial score (nSPS) is 18.8. The smallest absolute Gasteiger partial charge is 0.287 e. The van der Waals surface area contributed by atoms with Gasteiger partial charge < -0.3 is 4.90 Å². The molecule has 1 aromatic heterocycles. The molecule has 2 aromatic rings. The van der Waals surface area contributed by atoms with Gasteiger partial charge in [0.25, 0.3) is 5.56 Å². The molecule has 0 bridgehead atoms. The highest BCUT2D eigenvalue weighted by Gasteiger charge is 2.21. The molecule has 3 rings (SSSR count). The van der Waals surface area contributed by atoms with Crippen molar-refractivity contribution in [3.63, 3.8) is 0 Å². The van der Waals surface area contributed by atoms with E-state index in [-0.39, 0.29) is 5.56 Å². The van der Waals surface area contributed by atoms with Crippen LogP contribution in [0.2, 0.25) is 0 Å². The topological polar surface area (TPSA) is 38.1 Å². The van der Waals surface area contributed by atoms with Crippen molar-refractivity contribution in [2.75, 3.05) is 18.0 Å².